The zero-order valence-electron chi connectivity index (χ0n) is 11.0. The Bertz CT molecular complexity index is 218. The molecule has 1 aliphatic heterocycles. The minimum atomic E-state index is -0.376. The fourth-order valence-corrected chi connectivity index (χ4v) is 3.45. The second kappa shape index (κ2) is 6.17. The maximum Gasteiger partial charge on any atom is 0.0774 e. The summed E-state index contributed by atoms with van der Waals surface area (Å²) in [5.41, 5.74) is 5.23. The number of nitrogens with zero attached hydrogens (tertiary/aromatic N) is 1. The van der Waals surface area contributed by atoms with Gasteiger partial charge in [0.15, 0.2) is 0 Å². The van der Waals surface area contributed by atoms with Gasteiger partial charge in [-0.2, -0.15) is 0 Å². The first kappa shape index (κ1) is 13.3. The molecule has 3 N–H and O–H groups in total. The highest BCUT2D eigenvalue weighted by Crippen LogP contribution is 2.30. The molecule has 1 heterocycles. The molecule has 1 saturated heterocycles. The van der Waals surface area contributed by atoms with Gasteiger partial charge in [-0.05, 0) is 57.7 Å². The van der Waals surface area contributed by atoms with E-state index in [0.717, 1.165) is 44.9 Å². The maximum absolute atomic E-state index is 10.5. The topological polar surface area (TPSA) is 49.5 Å². The zero-order valence-corrected chi connectivity index (χ0v) is 11.0. The summed E-state index contributed by atoms with van der Waals surface area (Å²) in [4.78, 5) is 2.47. The van der Waals surface area contributed by atoms with Crippen molar-refractivity contribution in [3.63, 3.8) is 0 Å². The quantitative estimate of drug-likeness (QED) is 0.787. The molecule has 0 bridgehead atoms. The van der Waals surface area contributed by atoms with E-state index in [1.54, 1.807) is 0 Å². The van der Waals surface area contributed by atoms with Gasteiger partial charge in [-0.25, -0.2) is 0 Å². The number of aliphatic hydroxyl groups is 1. The number of nitrogens with two attached hydrogens (primary N) is 1. The summed E-state index contributed by atoms with van der Waals surface area (Å²) in [6.07, 6.45) is 9.46. The third-order valence-electron chi connectivity index (χ3n) is 4.58. The van der Waals surface area contributed by atoms with Crippen molar-refractivity contribution in [1.82, 2.24) is 4.90 Å². The van der Waals surface area contributed by atoms with Gasteiger partial charge in [0.1, 0.15) is 0 Å². The van der Waals surface area contributed by atoms with Gasteiger partial charge in [0.2, 0.25) is 0 Å². The second-order valence-corrected chi connectivity index (χ2v) is 6.08. The average Bonchev–Trinajstić information content (AvgIpc) is 2.33. The van der Waals surface area contributed by atoms with Crippen LogP contribution in [0.5, 0.6) is 0 Å². The largest absolute Gasteiger partial charge is 0.389 e. The van der Waals surface area contributed by atoms with Crippen molar-refractivity contribution in [1.29, 1.82) is 0 Å². The fraction of sp³-hybridized carbons (Fsp3) is 1.00. The summed E-state index contributed by atoms with van der Waals surface area (Å²) >= 11 is 0. The number of β-amino-alcohol motifs (C(OH)–C–C–N with tert-alkyl or cyclic N) is 1. The molecule has 1 saturated carbocycles. The Hall–Kier alpha value is -0.120. The summed E-state index contributed by atoms with van der Waals surface area (Å²) in [5.74, 6) is 0.831. The lowest BCUT2D eigenvalue weighted by molar-refractivity contribution is -0.0328. The van der Waals surface area contributed by atoms with Crippen molar-refractivity contribution in [2.24, 2.45) is 11.7 Å². The highest BCUT2D eigenvalue weighted by molar-refractivity contribution is 4.87. The van der Waals surface area contributed by atoms with Crippen LogP contribution < -0.4 is 5.73 Å². The fourth-order valence-electron chi connectivity index (χ4n) is 3.45. The Kier molecular flexibility index (Phi) is 4.83. The molecule has 100 valence electrons. The first-order chi connectivity index (χ1) is 8.22. The molecular formula is C14H28N2O. The number of piperidine rings is 1. The molecule has 0 spiro atoms. The smallest absolute Gasteiger partial charge is 0.0774 e. The lowest BCUT2D eigenvalue weighted by Gasteiger charge is -2.40. The van der Waals surface area contributed by atoms with E-state index in [1.165, 1.54) is 38.5 Å². The van der Waals surface area contributed by atoms with Gasteiger partial charge in [0, 0.05) is 6.54 Å². The third-order valence-corrected chi connectivity index (χ3v) is 4.58. The lowest BCUT2D eigenvalue weighted by atomic mass is 9.83. The molecular weight excluding hydrogens is 212 g/mol. The van der Waals surface area contributed by atoms with Crippen LogP contribution in [-0.2, 0) is 0 Å². The van der Waals surface area contributed by atoms with Crippen LogP contribution in [0.1, 0.15) is 51.4 Å². The molecule has 2 rings (SSSR count). The SMILES string of the molecule is NCCC1CCN(CC2(O)CCCCC2)CC1. The summed E-state index contributed by atoms with van der Waals surface area (Å²) in [6, 6.07) is 0. The summed E-state index contributed by atoms with van der Waals surface area (Å²) in [7, 11) is 0. The lowest BCUT2D eigenvalue weighted by Crippen LogP contribution is -2.47. The van der Waals surface area contributed by atoms with Crippen molar-refractivity contribution in [2.75, 3.05) is 26.2 Å². The van der Waals surface area contributed by atoms with Crippen LogP contribution in [0.15, 0.2) is 0 Å². The van der Waals surface area contributed by atoms with Gasteiger partial charge in [-0.3, -0.25) is 0 Å². The Labute approximate surface area is 105 Å². The number of hydrogen-bond acceptors (Lipinski definition) is 3. The zero-order chi connectivity index (χ0) is 12.1. The molecule has 2 aliphatic rings. The maximum atomic E-state index is 10.5. The minimum absolute atomic E-state index is 0.376. The summed E-state index contributed by atoms with van der Waals surface area (Å²) in [6.45, 7) is 4.05. The predicted molar refractivity (Wildman–Crippen MR) is 70.9 cm³/mol. The summed E-state index contributed by atoms with van der Waals surface area (Å²) < 4.78 is 0. The van der Waals surface area contributed by atoms with Gasteiger partial charge in [-0.15, -0.1) is 0 Å². The highest BCUT2D eigenvalue weighted by atomic mass is 16.3. The van der Waals surface area contributed by atoms with Crippen LogP contribution in [0, 0.1) is 5.92 Å². The molecule has 3 nitrogen and oxygen atoms in total. The van der Waals surface area contributed by atoms with Crippen molar-refractivity contribution >= 4 is 0 Å². The molecule has 0 unspecified atom stereocenters. The van der Waals surface area contributed by atoms with Gasteiger partial charge < -0.3 is 15.7 Å². The highest BCUT2D eigenvalue weighted by Gasteiger charge is 2.32. The van der Waals surface area contributed by atoms with Gasteiger partial charge in [0.05, 0.1) is 5.60 Å². The predicted octanol–water partition coefficient (Wildman–Crippen LogP) is 1.74. The molecule has 2 fully saturated rings. The summed E-state index contributed by atoms with van der Waals surface area (Å²) in [5, 5.41) is 10.5. The van der Waals surface area contributed by atoms with Crippen LogP contribution in [-0.4, -0.2) is 41.8 Å². The van der Waals surface area contributed by atoms with Crippen LogP contribution in [0.25, 0.3) is 0 Å². The van der Waals surface area contributed by atoms with Crippen LogP contribution >= 0.6 is 0 Å². The molecule has 17 heavy (non-hydrogen) atoms. The Balaban J connectivity index is 1.73. The van der Waals surface area contributed by atoms with E-state index in [0.29, 0.717) is 0 Å². The van der Waals surface area contributed by atoms with E-state index in [2.05, 4.69) is 4.90 Å². The molecule has 0 aromatic carbocycles. The van der Waals surface area contributed by atoms with Crippen molar-refractivity contribution in [3.05, 3.63) is 0 Å². The van der Waals surface area contributed by atoms with E-state index in [4.69, 9.17) is 5.73 Å². The Morgan fingerprint density at radius 3 is 2.35 bits per heavy atom. The van der Waals surface area contributed by atoms with E-state index >= 15 is 0 Å². The normalized spacial score (nSPS) is 27.2. The molecule has 0 aromatic heterocycles. The first-order valence-electron chi connectivity index (χ1n) is 7.37. The van der Waals surface area contributed by atoms with Gasteiger partial charge in [0.25, 0.3) is 0 Å². The van der Waals surface area contributed by atoms with Crippen molar-refractivity contribution < 1.29 is 5.11 Å². The first-order valence-corrected chi connectivity index (χ1v) is 7.37. The monoisotopic (exact) mass is 240 g/mol. The van der Waals surface area contributed by atoms with Crippen molar-refractivity contribution in [2.45, 2.75) is 57.0 Å². The Morgan fingerprint density at radius 1 is 1.12 bits per heavy atom. The molecule has 0 amide bonds. The minimum Gasteiger partial charge on any atom is -0.389 e. The third kappa shape index (κ3) is 3.94. The van der Waals surface area contributed by atoms with Crippen LogP contribution in [0.4, 0.5) is 0 Å². The van der Waals surface area contributed by atoms with Crippen LogP contribution in [0.3, 0.4) is 0 Å². The molecule has 0 atom stereocenters. The van der Waals surface area contributed by atoms with E-state index < -0.39 is 0 Å². The molecule has 3 heteroatoms. The van der Waals surface area contributed by atoms with E-state index in [1.807, 2.05) is 0 Å². The van der Waals surface area contributed by atoms with E-state index in [-0.39, 0.29) is 5.60 Å². The number of hydrogen-bond donors (Lipinski definition) is 2. The van der Waals surface area contributed by atoms with Crippen molar-refractivity contribution in [3.8, 4) is 0 Å². The standard InChI is InChI=1S/C14H28N2O/c15-9-4-13-5-10-16(11-6-13)12-14(17)7-2-1-3-8-14/h13,17H,1-12,15H2. The number of rotatable bonds is 4. The molecule has 0 aromatic rings. The van der Waals surface area contributed by atoms with Gasteiger partial charge in [-0.1, -0.05) is 19.3 Å². The second-order valence-electron chi connectivity index (χ2n) is 6.08. The average molecular weight is 240 g/mol. The van der Waals surface area contributed by atoms with E-state index in [9.17, 15) is 5.11 Å². The van der Waals surface area contributed by atoms with Crippen LogP contribution in [0.2, 0.25) is 0 Å². The van der Waals surface area contributed by atoms with Gasteiger partial charge >= 0.3 is 0 Å². The Morgan fingerprint density at radius 2 is 1.76 bits per heavy atom. The number of likely N-dealkylation sites (tertiary alicyclic amines) is 1. The molecule has 1 aliphatic carbocycles. The molecule has 0 radical (unpaired) electrons.